The summed E-state index contributed by atoms with van der Waals surface area (Å²) in [7, 11) is 0. The van der Waals surface area contributed by atoms with E-state index in [4.69, 9.17) is 28.4 Å². The third kappa shape index (κ3) is 39.3. The summed E-state index contributed by atoms with van der Waals surface area (Å²) in [4.78, 5) is 79.9. The molecule has 1 unspecified atom stereocenters. The molecule has 0 rings (SSSR count). The van der Waals surface area contributed by atoms with Crippen LogP contribution in [0.2, 0.25) is 0 Å². The smallest absolute Gasteiger partial charge is 0.306 e. The second kappa shape index (κ2) is 45.2. The van der Waals surface area contributed by atoms with E-state index >= 15 is 0 Å². The summed E-state index contributed by atoms with van der Waals surface area (Å²) in [6.45, 7) is 14.8. The van der Waals surface area contributed by atoms with Crippen LogP contribution in [0, 0.1) is 11.3 Å². The molecule has 0 fully saturated rings. The third-order valence-corrected chi connectivity index (χ3v) is 12.3. The molecule has 13 heteroatoms. The van der Waals surface area contributed by atoms with Crippen LogP contribution in [0.5, 0.6) is 0 Å². The molecule has 67 heavy (non-hydrogen) atoms. The molecule has 0 aromatic carbocycles. The molecule has 0 aliphatic heterocycles. The second-order valence-electron chi connectivity index (χ2n) is 18.7. The number of esters is 6. The van der Waals surface area contributed by atoms with Crippen LogP contribution in [-0.2, 0) is 57.2 Å². The van der Waals surface area contributed by atoms with E-state index in [1.54, 1.807) is 0 Å². The highest BCUT2D eigenvalue weighted by Gasteiger charge is 2.38. The van der Waals surface area contributed by atoms with Gasteiger partial charge in [-0.3, -0.25) is 28.8 Å². The van der Waals surface area contributed by atoms with Gasteiger partial charge in [0.1, 0.15) is 31.8 Å². The number of unbranched alkanes of at least 4 members (excludes halogenated alkanes) is 16. The lowest BCUT2D eigenvalue weighted by Crippen LogP contribution is -2.44. The summed E-state index contributed by atoms with van der Waals surface area (Å²) >= 11 is 0. The van der Waals surface area contributed by atoms with Gasteiger partial charge in [0.05, 0.1) is 13.2 Å². The molecule has 0 saturated heterocycles. The van der Waals surface area contributed by atoms with Crippen LogP contribution >= 0.6 is 0 Å². The van der Waals surface area contributed by atoms with E-state index in [0.29, 0.717) is 45.3 Å². The number of nitrogens with zero attached hydrogens (tertiary/aromatic N) is 1. The minimum Gasteiger partial charge on any atom is -0.466 e. The summed E-state index contributed by atoms with van der Waals surface area (Å²) in [6, 6.07) is 0. The van der Waals surface area contributed by atoms with Gasteiger partial charge in [-0.2, -0.15) is 0 Å². The first-order valence-corrected chi connectivity index (χ1v) is 27.1. The SMILES string of the molecule is CCCCCCCOC(=O)CCCCC(=O)OCC(COC(=O)CCCCC(=O)OCCCCCCC)(COC(=O)CCCN(CC)CC)COC(=O)CC(CCCCC)CCCCCCC. The van der Waals surface area contributed by atoms with Gasteiger partial charge in [-0.05, 0) is 83.3 Å². The highest BCUT2D eigenvalue weighted by Crippen LogP contribution is 2.26. The maximum absolute atomic E-state index is 13.6. The largest absolute Gasteiger partial charge is 0.466 e. The van der Waals surface area contributed by atoms with E-state index in [0.717, 1.165) is 122 Å². The molecule has 0 aliphatic rings. The van der Waals surface area contributed by atoms with Gasteiger partial charge in [0.25, 0.3) is 0 Å². The van der Waals surface area contributed by atoms with Gasteiger partial charge in [-0.1, -0.05) is 144 Å². The number of carbonyl (C=O) groups is 6. The Bertz CT molecular complexity index is 1200. The van der Waals surface area contributed by atoms with Gasteiger partial charge < -0.3 is 33.3 Å². The highest BCUT2D eigenvalue weighted by atomic mass is 16.6. The van der Waals surface area contributed by atoms with Crippen LogP contribution in [0.4, 0.5) is 0 Å². The van der Waals surface area contributed by atoms with E-state index in [9.17, 15) is 28.8 Å². The number of hydrogen-bond donors (Lipinski definition) is 0. The van der Waals surface area contributed by atoms with Crippen molar-refractivity contribution in [2.45, 2.75) is 241 Å². The van der Waals surface area contributed by atoms with Crippen molar-refractivity contribution < 1.29 is 57.2 Å². The lowest BCUT2D eigenvalue weighted by atomic mass is 9.91. The zero-order valence-electron chi connectivity index (χ0n) is 43.7. The van der Waals surface area contributed by atoms with Crippen molar-refractivity contribution in [3.8, 4) is 0 Å². The van der Waals surface area contributed by atoms with Crippen LogP contribution in [-0.4, -0.2) is 100.0 Å². The zero-order chi connectivity index (χ0) is 49.6. The van der Waals surface area contributed by atoms with Crippen molar-refractivity contribution in [1.82, 2.24) is 4.90 Å². The van der Waals surface area contributed by atoms with Crippen LogP contribution in [0.3, 0.4) is 0 Å². The van der Waals surface area contributed by atoms with Crippen LogP contribution in [0.15, 0.2) is 0 Å². The summed E-state index contributed by atoms with van der Waals surface area (Å²) in [5.74, 6) is -2.35. The van der Waals surface area contributed by atoms with E-state index < -0.39 is 29.3 Å². The summed E-state index contributed by atoms with van der Waals surface area (Å²) in [6.07, 6.45) is 24.5. The lowest BCUT2D eigenvalue weighted by Gasteiger charge is -2.32. The fourth-order valence-electron chi connectivity index (χ4n) is 7.76. The molecule has 0 saturated carbocycles. The first-order valence-electron chi connectivity index (χ1n) is 27.1. The van der Waals surface area contributed by atoms with Gasteiger partial charge in [0.15, 0.2) is 0 Å². The fourth-order valence-corrected chi connectivity index (χ4v) is 7.76. The molecule has 0 aromatic rings. The molecular formula is C54H99NO12. The minimum absolute atomic E-state index is 0.0318. The maximum atomic E-state index is 13.6. The van der Waals surface area contributed by atoms with Crippen molar-refractivity contribution in [2.24, 2.45) is 11.3 Å². The third-order valence-electron chi connectivity index (χ3n) is 12.3. The predicted molar refractivity (Wildman–Crippen MR) is 265 cm³/mol. The molecule has 0 aliphatic carbocycles. The van der Waals surface area contributed by atoms with Gasteiger partial charge in [0.2, 0.25) is 0 Å². The normalized spacial score (nSPS) is 11.9. The molecular weight excluding hydrogens is 855 g/mol. The number of hydrogen-bond acceptors (Lipinski definition) is 13. The molecule has 0 bridgehead atoms. The number of ether oxygens (including phenoxy) is 6. The summed E-state index contributed by atoms with van der Waals surface area (Å²) in [5, 5.41) is 0. The Labute approximate surface area is 407 Å². The second-order valence-corrected chi connectivity index (χ2v) is 18.7. The molecule has 392 valence electrons. The Morgan fingerprint density at radius 2 is 0.672 bits per heavy atom. The van der Waals surface area contributed by atoms with Crippen molar-refractivity contribution in [1.29, 1.82) is 0 Å². The Kier molecular flexibility index (Phi) is 43.1. The lowest BCUT2D eigenvalue weighted by molar-refractivity contribution is -0.171. The van der Waals surface area contributed by atoms with E-state index in [1.165, 1.54) is 25.7 Å². The molecule has 13 nitrogen and oxygen atoms in total. The quantitative estimate of drug-likeness (QED) is 0.0322. The molecule has 0 N–H and O–H groups in total. The average molecular weight is 954 g/mol. The molecule has 0 amide bonds. The average Bonchev–Trinajstić information content (AvgIpc) is 3.32. The molecule has 0 heterocycles. The standard InChI is InChI=1S/C54H99NO12/c1-7-13-17-20-24-33-47(32-23-16-10-4)42-53(61)67-46-54(45-66-52(60)38-31-39-55(11-5)12-6,43-64-50(58)36-27-25-34-48(56)62-40-29-21-18-14-8-2)44-65-51(59)37-28-26-35-49(57)63-41-30-22-19-15-9-3/h47H,7-46H2,1-6H3. The number of rotatable bonds is 48. The van der Waals surface area contributed by atoms with E-state index in [2.05, 4.69) is 46.4 Å². The Balaban J connectivity index is 5.94. The molecule has 0 radical (unpaired) electrons. The van der Waals surface area contributed by atoms with Gasteiger partial charge in [-0.25, -0.2) is 0 Å². The predicted octanol–water partition coefficient (Wildman–Crippen LogP) is 12.4. The monoisotopic (exact) mass is 954 g/mol. The number of carbonyl (C=O) groups excluding carboxylic acids is 6. The topological polar surface area (TPSA) is 161 Å². The Morgan fingerprint density at radius 3 is 1.06 bits per heavy atom. The van der Waals surface area contributed by atoms with Crippen molar-refractivity contribution >= 4 is 35.8 Å². The van der Waals surface area contributed by atoms with Gasteiger partial charge in [0, 0.05) is 38.5 Å². The summed E-state index contributed by atoms with van der Waals surface area (Å²) in [5.41, 5.74) is -1.38. The van der Waals surface area contributed by atoms with Crippen molar-refractivity contribution in [3.63, 3.8) is 0 Å². The minimum atomic E-state index is -1.38. The Hall–Kier alpha value is -3.22. The molecule has 0 spiro atoms. The maximum Gasteiger partial charge on any atom is 0.306 e. The fraction of sp³-hybridized carbons (Fsp3) is 0.889. The van der Waals surface area contributed by atoms with Crippen molar-refractivity contribution in [2.75, 3.05) is 59.3 Å². The van der Waals surface area contributed by atoms with Crippen molar-refractivity contribution in [3.05, 3.63) is 0 Å². The molecule has 0 aromatic heterocycles. The summed E-state index contributed by atoms with van der Waals surface area (Å²) < 4.78 is 34.1. The van der Waals surface area contributed by atoms with E-state index in [1.807, 2.05) is 0 Å². The molecule has 1 atom stereocenters. The first kappa shape index (κ1) is 63.8. The van der Waals surface area contributed by atoms with Crippen LogP contribution in [0.25, 0.3) is 0 Å². The van der Waals surface area contributed by atoms with E-state index in [-0.39, 0.29) is 82.8 Å². The van der Waals surface area contributed by atoms with Gasteiger partial charge >= 0.3 is 35.8 Å². The van der Waals surface area contributed by atoms with Crippen LogP contribution in [0.1, 0.15) is 241 Å². The zero-order valence-corrected chi connectivity index (χ0v) is 43.7. The first-order chi connectivity index (χ1) is 32.5. The van der Waals surface area contributed by atoms with Gasteiger partial charge in [-0.15, -0.1) is 0 Å². The van der Waals surface area contributed by atoms with Crippen LogP contribution < -0.4 is 0 Å². The Morgan fingerprint density at radius 1 is 0.358 bits per heavy atom. The highest BCUT2D eigenvalue weighted by molar-refractivity contribution is 5.72.